The summed E-state index contributed by atoms with van der Waals surface area (Å²) in [5.41, 5.74) is 0.244. The summed E-state index contributed by atoms with van der Waals surface area (Å²) >= 11 is 0. The summed E-state index contributed by atoms with van der Waals surface area (Å²) in [5.74, 6) is 0.801. The Morgan fingerprint density at radius 3 is 2.69 bits per heavy atom. The van der Waals surface area contributed by atoms with E-state index in [0.29, 0.717) is 18.4 Å². The first-order valence-electron chi connectivity index (χ1n) is 6.38. The van der Waals surface area contributed by atoms with E-state index in [1.807, 2.05) is 0 Å². The molecule has 94 valence electrons. The van der Waals surface area contributed by atoms with Gasteiger partial charge in [-0.15, -0.1) is 0 Å². The second-order valence-corrected chi connectivity index (χ2v) is 6.20. The fraction of sp³-hybridized carbons (Fsp3) is 0.923. The summed E-state index contributed by atoms with van der Waals surface area (Å²) in [6.45, 7) is 10.7. The van der Waals surface area contributed by atoms with Crippen molar-refractivity contribution in [1.29, 1.82) is 0 Å². The van der Waals surface area contributed by atoms with E-state index in [1.54, 1.807) is 0 Å². The van der Waals surface area contributed by atoms with Crippen molar-refractivity contribution in [3.8, 4) is 0 Å². The van der Waals surface area contributed by atoms with Crippen LogP contribution >= 0.6 is 0 Å². The molecule has 1 amide bonds. The number of carbonyl (C=O) groups is 1. The number of hydrogen-bond acceptors (Lipinski definition) is 2. The van der Waals surface area contributed by atoms with Crippen LogP contribution in [-0.2, 0) is 4.79 Å². The average Bonchev–Trinajstić information content (AvgIpc) is 2.18. The Balaban J connectivity index is 2.28. The van der Waals surface area contributed by atoms with Crippen LogP contribution in [0.15, 0.2) is 0 Å². The Morgan fingerprint density at radius 2 is 2.12 bits per heavy atom. The zero-order valence-electron chi connectivity index (χ0n) is 11.1. The molecule has 0 radical (unpaired) electrons. The second-order valence-electron chi connectivity index (χ2n) is 6.20. The second kappa shape index (κ2) is 5.67. The van der Waals surface area contributed by atoms with Crippen LogP contribution in [0.3, 0.4) is 0 Å². The maximum absolute atomic E-state index is 11.8. The highest BCUT2D eigenvalue weighted by Crippen LogP contribution is 2.20. The predicted molar refractivity (Wildman–Crippen MR) is 67.3 cm³/mol. The minimum atomic E-state index is 0.204. The molecular weight excluding hydrogens is 200 g/mol. The molecule has 1 heterocycles. The highest BCUT2D eigenvalue weighted by molar-refractivity contribution is 5.76. The molecule has 2 N–H and O–H groups in total. The van der Waals surface area contributed by atoms with E-state index in [4.69, 9.17) is 0 Å². The third kappa shape index (κ3) is 4.97. The highest BCUT2D eigenvalue weighted by Gasteiger charge is 2.23. The summed E-state index contributed by atoms with van der Waals surface area (Å²) < 4.78 is 0. The van der Waals surface area contributed by atoms with Gasteiger partial charge in [0.2, 0.25) is 5.91 Å². The molecule has 0 saturated carbocycles. The van der Waals surface area contributed by atoms with Gasteiger partial charge in [0.05, 0.1) is 0 Å². The minimum Gasteiger partial charge on any atom is -0.352 e. The SMILES string of the molecule is CC1CCNCC1NC(=O)CCC(C)(C)C. The van der Waals surface area contributed by atoms with Crippen molar-refractivity contribution in [2.45, 2.75) is 53.0 Å². The quantitative estimate of drug-likeness (QED) is 0.772. The molecule has 2 unspecified atom stereocenters. The molecule has 16 heavy (non-hydrogen) atoms. The van der Waals surface area contributed by atoms with Crippen LogP contribution in [0.25, 0.3) is 0 Å². The maximum atomic E-state index is 11.8. The molecule has 3 heteroatoms. The van der Waals surface area contributed by atoms with Crippen LogP contribution in [0.4, 0.5) is 0 Å². The molecule has 1 aliphatic heterocycles. The molecular formula is C13H26N2O. The van der Waals surface area contributed by atoms with Gasteiger partial charge in [0, 0.05) is 19.0 Å². The van der Waals surface area contributed by atoms with E-state index in [2.05, 4.69) is 38.3 Å². The lowest BCUT2D eigenvalue weighted by Gasteiger charge is -2.30. The molecule has 1 saturated heterocycles. The lowest BCUT2D eigenvalue weighted by molar-refractivity contribution is -0.122. The molecule has 2 atom stereocenters. The number of carbonyl (C=O) groups excluding carboxylic acids is 1. The monoisotopic (exact) mass is 226 g/mol. The van der Waals surface area contributed by atoms with Gasteiger partial charge in [-0.1, -0.05) is 27.7 Å². The van der Waals surface area contributed by atoms with E-state index < -0.39 is 0 Å². The Kier molecular flexibility index (Phi) is 4.78. The van der Waals surface area contributed by atoms with E-state index in [9.17, 15) is 4.79 Å². The van der Waals surface area contributed by atoms with Crippen molar-refractivity contribution in [3.63, 3.8) is 0 Å². The average molecular weight is 226 g/mol. The predicted octanol–water partition coefficient (Wildman–Crippen LogP) is 1.93. The third-order valence-electron chi connectivity index (χ3n) is 3.28. The summed E-state index contributed by atoms with van der Waals surface area (Å²) in [6, 6.07) is 0.321. The molecule has 3 nitrogen and oxygen atoms in total. The first kappa shape index (κ1) is 13.5. The summed E-state index contributed by atoms with van der Waals surface area (Å²) in [5, 5.41) is 6.47. The van der Waals surface area contributed by atoms with Gasteiger partial charge in [-0.3, -0.25) is 4.79 Å². The standard InChI is InChI=1S/C13H26N2O/c1-10-6-8-14-9-11(10)15-12(16)5-7-13(2,3)4/h10-11,14H,5-9H2,1-4H3,(H,15,16). The lowest BCUT2D eigenvalue weighted by Crippen LogP contribution is -2.50. The van der Waals surface area contributed by atoms with Crippen LogP contribution in [0.1, 0.15) is 47.0 Å². The zero-order chi connectivity index (χ0) is 12.2. The largest absolute Gasteiger partial charge is 0.352 e. The molecule has 0 aromatic carbocycles. The van der Waals surface area contributed by atoms with Gasteiger partial charge in [0.25, 0.3) is 0 Å². The fourth-order valence-electron chi connectivity index (χ4n) is 1.95. The lowest BCUT2D eigenvalue weighted by atomic mass is 9.90. The number of rotatable bonds is 3. The van der Waals surface area contributed by atoms with Crippen LogP contribution in [0, 0.1) is 11.3 Å². The van der Waals surface area contributed by atoms with Crippen molar-refractivity contribution in [1.82, 2.24) is 10.6 Å². The highest BCUT2D eigenvalue weighted by atomic mass is 16.1. The van der Waals surface area contributed by atoms with Crippen molar-refractivity contribution in [2.75, 3.05) is 13.1 Å². The van der Waals surface area contributed by atoms with Crippen molar-refractivity contribution in [3.05, 3.63) is 0 Å². The molecule has 0 bridgehead atoms. The minimum absolute atomic E-state index is 0.204. The topological polar surface area (TPSA) is 41.1 Å². The number of piperidine rings is 1. The van der Waals surface area contributed by atoms with E-state index in [1.165, 1.54) is 0 Å². The molecule has 0 aliphatic carbocycles. The van der Waals surface area contributed by atoms with Crippen LogP contribution in [0.5, 0.6) is 0 Å². The third-order valence-corrected chi connectivity index (χ3v) is 3.28. The molecule has 0 aromatic rings. The van der Waals surface area contributed by atoms with Crippen LogP contribution in [-0.4, -0.2) is 25.0 Å². The molecule has 1 fully saturated rings. The van der Waals surface area contributed by atoms with Crippen molar-refractivity contribution < 1.29 is 4.79 Å². The first-order valence-corrected chi connectivity index (χ1v) is 6.38. The van der Waals surface area contributed by atoms with Gasteiger partial charge >= 0.3 is 0 Å². The summed E-state index contributed by atoms with van der Waals surface area (Å²) in [6.07, 6.45) is 2.75. The summed E-state index contributed by atoms with van der Waals surface area (Å²) in [4.78, 5) is 11.8. The van der Waals surface area contributed by atoms with Crippen molar-refractivity contribution in [2.24, 2.45) is 11.3 Å². The maximum Gasteiger partial charge on any atom is 0.220 e. The number of nitrogens with one attached hydrogen (secondary N) is 2. The number of amides is 1. The molecule has 0 aromatic heterocycles. The van der Waals surface area contributed by atoms with Crippen LogP contribution < -0.4 is 10.6 Å². The van der Waals surface area contributed by atoms with E-state index in [0.717, 1.165) is 25.9 Å². The van der Waals surface area contributed by atoms with Crippen LogP contribution in [0.2, 0.25) is 0 Å². The normalized spacial score (nSPS) is 26.5. The first-order chi connectivity index (χ1) is 7.38. The van der Waals surface area contributed by atoms with Gasteiger partial charge in [-0.25, -0.2) is 0 Å². The van der Waals surface area contributed by atoms with Crippen molar-refractivity contribution >= 4 is 5.91 Å². The molecule has 1 rings (SSSR count). The number of hydrogen-bond donors (Lipinski definition) is 2. The Morgan fingerprint density at radius 1 is 1.44 bits per heavy atom. The van der Waals surface area contributed by atoms with Gasteiger partial charge in [-0.05, 0) is 30.7 Å². The Labute approximate surface area is 99.4 Å². The zero-order valence-corrected chi connectivity index (χ0v) is 11.1. The summed E-state index contributed by atoms with van der Waals surface area (Å²) in [7, 11) is 0. The van der Waals surface area contributed by atoms with Gasteiger partial charge in [0.15, 0.2) is 0 Å². The smallest absolute Gasteiger partial charge is 0.220 e. The van der Waals surface area contributed by atoms with Gasteiger partial charge in [-0.2, -0.15) is 0 Å². The fourth-order valence-corrected chi connectivity index (χ4v) is 1.95. The molecule has 0 spiro atoms. The van der Waals surface area contributed by atoms with Gasteiger partial charge < -0.3 is 10.6 Å². The Bertz CT molecular complexity index is 233. The Hall–Kier alpha value is -0.570. The van der Waals surface area contributed by atoms with E-state index in [-0.39, 0.29) is 11.3 Å². The van der Waals surface area contributed by atoms with E-state index >= 15 is 0 Å². The van der Waals surface area contributed by atoms with Gasteiger partial charge in [0.1, 0.15) is 0 Å². The molecule has 1 aliphatic rings.